The maximum atomic E-state index is 12.5. The van der Waals surface area contributed by atoms with Crippen LogP contribution in [0, 0.1) is 0 Å². The van der Waals surface area contributed by atoms with Crippen LogP contribution in [0.1, 0.15) is 18.4 Å². The highest BCUT2D eigenvalue weighted by atomic mass is 16.6. The van der Waals surface area contributed by atoms with Crippen molar-refractivity contribution >= 4 is 17.6 Å². The Kier molecular flexibility index (Phi) is 6.04. The fourth-order valence-electron chi connectivity index (χ4n) is 3.44. The van der Waals surface area contributed by atoms with Crippen molar-refractivity contribution in [3.05, 3.63) is 48.0 Å². The van der Waals surface area contributed by atoms with E-state index in [0.717, 1.165) is 24.2 Å². The fraction of sp³-hybridized carbons (Fsp3) is 0.364. The van der Waals surface area contributed by atoms with E-state index in [0.29, 0.717) is 43.0 Å². The molecule has 30 heavy (non-hydrogen) atoms. The van der Waals surface area contributed by atoms with Crippen LogP contribution in [0.2, 0.25) is 0 Å². The van der Waals surface area contributed by atoms with E-state index in [1.807, 2.05) is 24.3 Å². The summed E-state index contributed by atoms with van der Waals surface area (Å²) in [6.45, 7) is 1.69. The summed E-state index contributed by atoms with van der Waals surface area (Å²) in [5.74, 6) is 1.65. The lowest BCUT2D eigenvalue weighted by Crippen LogP contribution is -2.42. The lowest BCUT2D eigenvalue weighted by atomic mass is 10.2. The first kappa shape index (κ1) is 20.0. The Morgan fingerprint density at radius 3 is 2.63 bits per heavy atom. The predicted octanol–water partition coefficient (Wildman–Crippen LogP) is 2.78. The molecule has 0 aromatic heterocycles. The SMILES string of the molecule is COc1ccccc1CN(CC(=O)NC(=O)Nc1ccc2c(c1)OCCO2)C1CC1. The second-order valence-electron chi connectivity index (χ2n) is 7.31. The summed E-state index contributed by atoms with van der Waals surface area (Å²) in [5, 5.41) is 5.07. The van der Waals surface area contributed by atoms with E-state index >= 15 is 0 Å². The molecule has 1 fully saturated rings. The molecule has 4 rings (SSSR count). The highest BCUT2D eigenvalue weighted by molar-refractivity contribution is 6.01. The molecule has 1 aliphatic carbocycles. The van der Waals surface area contributed by atoms with Crippen LogP contribution in [0.3, 0.4) is 0 Å². The fourth-order valence-corrected chi connectivity index (χ4v) is 3.44. The summed E-state index contributed by atoms with van der Waals surface area (Å²) in [4.78, 5) is 26.8. The minimum atomic E-state index is -0.579. The monoisotopic (exact) mass is 411 g/mol. The lowest BCUT2D eigenvalue weighted by molar-refractivity contribution is -0.121. The molecule has 0 spiro atoms. The second-order valence-corrected chi connectivity index (χ2v) is 7.31. The third kappa shape index (κ3) is 5.01. The molecule has 8 nitrogen and oxygen atoms in total. The number of carbonyl (C=O) groups is 2. The molecule has 3 amide bonds. The molecule has 2 aliphatic rings. The molecule has 0 radical (unpaired) electrons. The van der Waals surface area contributed by atoms with Crippen molar-refractivity contribution in [2.45, 2.75) is 25.4 Å². The summed E-state index contributed by atoms with van der Waals surface area (Å²) < 4.78 is 16.4. The summed E-state index contributed by atoms with van der Waals surface area (Å²) in [6, 6.07) is 12.6. The number of hydrogen-bond acceptors (Lipinski definition) is 6. The molecular weight excluding hydrogens is 386 g/mol. The van der Waals surface area contributed by atoms with Crippen LogP contribution in [0.5, 0.6) is 17.2 Å². The normalized spacial score (nSPS) is 14.9. The number of para-hydroxylation sites is 1. The van der Waals surface area contributed by atoms with Crippen molar-refractivity contribution in [3.8, 4) is 17.2 Å². The molecule has 2 aromatic rings. The van der Waals surface area contributed by atoms with Crippen LogP contribution in [-0.2, 0) is 11.3 Å². The molecule has 1 saturated carbocycles. The number of imide groups is 1. The third-order valence-electron chi connectivity index (χ3n) is 5.03. The van der Waals surface area contributed by atoms with Gasteiger partial charge in [-0.15, -0.1) is 0 Å². The average molecular weight is 411 g/mol. The van der Waals surface area contributed by atoms with Gasteiger partial charge in [-0.3, -0.25) is 15.0 Å². The number of amides is 3. The molecule has 2 N–H and O–H groups in total. The van der Waals surface area contributed by atoms with Gasteiger partial charge in [0.05, 0.1) is 13.7 Å². The van der Waals surface area contributed by atoms with Crippen molar-refractivity contribution in [3.63, 3.8) is 0 Å². The Hall–Kier alpha value is -3.26. The molecule has 0 saturated heterocycles. The molecule has 0 bridgehead atoms. The quantitative estimate of drug-likeness (QED) is 0.728. The van der Waals surface area contributed by atoms with Crippen molar-refractivity contribution in [2.24, 2.45) is 0 Å². The van der Waals surface area contributed by atoms with Crippen LogP contribution in [0.4, 0.5) is 10.5 Å². The van der Waals surface area contributed by atoms with E-state index in [4.69, 9.17) is 14.2 Å². The Morgan fingerprint density at radius 1 is 1.10 bits per heavy atom. The number of carbonyl (C=O) groups excluding carboxylic acids is 2. The van der Waals surface area contributed by atoms with Crippen molar-refractivity contribution in [2.75, 3.05) is 32.2 Å². The van der Waals surface area contributed by atoms with Crippen molar-refractivity contribution in [1.82, 2.24) is 10.2 Å². The number of benzene rings is 2. The van der Waals surface area contributed by atoms with Gasteiger partial charge in [0.25, 0.3) is 0 Å². The van der Waals surface area contributed by atoms with E-state index in [1.165, 1.54) is 0 Å². The van der Waals surface area contributed by atoms with Gasteiger partial charge in [-0.1, -0.05) is 18.2 Å². The molecule has 0 atom stereocenters. The number of rotatable bonds is 7. The van der Waals surface area contributed by atoms with Gasteiger partial charge >= 0.3 is 6.03 Å². The largest absolute Gasteiger partial charge is 0.496 e. The number of anilines is 1. The Morgan fingerprint density at radius 2 is 1.87 bits per heavy atom. The van der Waals surface area contributed by atoms with Gasteiger partial charge in [0.2, 0.25) is 5.91 Å². The van der Waals surface area contributed by atoms with E-state index < -0.39 is 6.03 Å². The Bertz CT molecular complexity index is 929. The highest BCUT2D eigenvalue weighted by Crippen LogP contribution is 2.32. The van der Waals surface area contributed by atoms with E-state index in [9.17, 15) is 9.59 Å². The maximum Gasteiger partial charge on any atom is 0.325 e. The summed E-state index contributed by atoms with van der Waals surface area (Å²) in [5.41, 5.74) is 1.54. The first-order chi connectivity index (χ1) is 14.6. The van der Waals surface area contributed by atoms with Gasteiger partial charge in [-0.2, -0.15) is 0 Å². The number of urea groups is 1. The van der Waals surface area contributed by atoms with Crippen LogP contribution < -0.4 is 24.8 Å². The van der Waals surface area contributed by atoms with E-state index in [-0.39, 0.29) is 12.5 Å². The highest BCUT2D eigenvalue weighted by Gasteiger charge is 2.31. The Labute approximate surface area is 175 Å². The molecule has 1 heterocycles. The predicted molar refractivity (Wildman–Crippen MR) is 111 cm³/mol. The number of methoxy groups -OCH3 is 1. The minimum absolute atomic E-state index is 0.136. The van der Waals surface area contributed by atoms with Gasteiger partial charge in [-0.05, 0) is 31.0 Å². The minimum Gasteiger partial charge on any atom is -0.496 e. The maximum absolute atomic E-state index is 12.5. The van der Waals surface area contributed by atoms with Gasteiger partial charge < -0.3 is 19.5 Å². The van der Waals surface area contributed by atoms with Gasteiger partial charge in [0.1, 0.15) is 19.0 Å². The summed E-state index contributed by atoms with van der Waals surface area (Å²) >= 11 is 0. The van der Waals surface area contributed by atoms with Crippen LogP contribution in [0.25, 0.3) is 0 Å². The summed E-state index contributed by atoms with van der Waals surface area (Å²) in [6.07, 6.45) is 2.09. The van der Waals surface area contributed by atoms with Crippen LogP contribution in [-0.4, -0.2) is 49.7 Å². The molecule has 2 aromatic carbocycles. The zero-order chi connectivity index (χ0) is 20.9. The second kappa shape index (κ2) is 9.04. The molecule has 158 valence electrons. The van der Waals surface area contributed by atoms with Gasteiger partial charge in [0.15, 0.2) is 11.5 Å². The number of nitrogens with zero attached hydrogens (tertiary/aromatic N) is 1. The molecule has 0 unspecified atom stereocenters. The molecule has 1 aliphatic heterocycles. The summed E-state index contributed by atoms with van der Waals surface area (Å²) in [7, 11) is 1.63. The first-order valence-corrected chi connectivity index (χ1v) is 9.99. The number of fused-ring (bicyclic) bond motifs is 1. The smallest absolute Gasteiger partial charge is 0.325 e. The lowest BCUT2D eigenvalue weighted by Gasteiger charge is -2.22. The van der Waals surface area contributed by atoms with E-state index in [1.54, 1.807) is 25.3 Å². The van der Waals surface area contributed by atoms with E-state index in [2.05, 4.69) is 15.5 Å². The van der Waals surface area contributed by atoms with Crippen LogP contribution >= 0.6 is 0 Å². The number of ether oxygens (including phenoxy) is 3. The Balaban J connectivity index is 1.33. The number of hydrogen-bond donors (Lipinski definition) is 2. The zero-order valence-electron chi connectivity index (χ0n) is 16.8. The average Bonchev–Trinajstić information content (AvgIpc) is 3.59. The molecular formula is C22H25N3O5. The van der Waals surface area contributed by atoms with Crippen LogP contribution in [0.15, 0.2) is 42.5 Å². The first-order valence-electron chi connectivity index (χ1n) is 9.99. The van der Waals surface area contributed by atoms with Crippen molar-refractivity contribution in [1.29, 1.82) is 0 Å². The van der Waals surface area contributed by atoms with Gasteiger partial charge in [-0.25, -0.2) is 4.79 Å². The number of nitrogens with one attached hydrogen (secondary N) is 2. The van der Waals surface area contributed by atoms with Crippen molar-refractivity contribution < 1.29 is 23.8 Å². The standard InChI is InChI=1S/C22H25N3O5/c1-28-18-5-3-2-4-15(18)13-25(17-7-8-17)14-21(26)24-22(27)23-16-6-9-19-20(12-16)30-11-10-29-19/h2-6,9,12,17H,7-8,10-11,13-14H2,1H3,(H2,23,24,26,27). The zero-order valence-corrected chi connectivity index (χ0v) is 16.8. The topological polar surface area (TPSA) is 89.1 Å². The third-order valence-corrected chi connectivity index (χ3v) is 5.03. The van der Waals surface area contributed by atoms with Gasteiger partial charge in [0, 0.05) is 29.9 Å². The molecule has 8 heteroatoms.